The SMILES string of the molecule is O=C(CNCCCCCNc1ccc(C(F)(F)F)cc1)N1CCc2nc(C3CCC3)n(-c3ccccc3)c(=O)c2C1S.O=C(O)C(F)(F)F. The zero-order valence-electron chi connectivity index (χ0n) is 26.4. The van der Waals surface area contributed by atoms with Gasteiger partial charge in [-0.15, -0.1) is 12.6 Å². The summed E-state index contributed by atoms with van der Waals surface area (Å²) in [5, 5.41) is 12.8. The van der Waals surface area contributed by atoms with Gasteiger partial charge in [0.1, 0.15) is 11.2 Å². The highest BCUT2D eigenvalue weighted by atomic mass is 32.1. The maximum Gasteiger partial charge on any atom is 0.490 e. The number of aliphatic carboxylic acids is 1. The monoisotopic (exact) mass is 713 g/mol. The van der Waals surface area contributed by atoms with E-state index < -0.39 is 29.3 Å². The number of nitrogens with one attached hydrogen (secondary N) is 2. The van der Waals surface area contributed by atoms with Gasteiger partial charge in [0.15, 0.2) is 0 Å². The molecule has 0 bridgehead atoms. The topological polar surface area (TPSA) is 117 Å². The highest BCUT2D eigenvalue weighted by molar-refractivity contribution is 7.80. The van der Waals surface area contributed by atoms with E-state index in [9.17, 15) is 35.9 Å². The first-order valence-corrected chi connectivity index (χ1v) is 16.3. The Balaban J connectivity index is 0.000000698. The molecular weight excluding hydrogens is 676 g/mol. The van der Waals surface area contributed by atoms with E-state index in [-0.39, 0.29) is 23.9 Å². The van der Waals surface area contributed by atoms with Crippen molar-refractivity contribution in [3.63, 3.8) is 0 Å². The van der Waals surface area contributed by atoms with Gasteiger partial charge in [-0.3, -0.25) is 14.2 Å². The Kier molecular flexibility index (Phi) is 12.8. The van der Waals surface area contributed by atoms with Crippen molar-refractivity contribution in [1.82, 2.24) is 19.8 Å². The number of rotatable bonds is 11. The first kappa shape index (κ1) is 37.8. The molecule has 2 heterocycles. The fraction of sp³-hybridized carbons (Fsp3) is 0.455. The normalized spacial score (nSPS) is 16.2. The van der Waals surface area contributed by atoms with Crippen LogP contribution in [0.2, 0.25) is 0 Å². The zero-order chi connectivity index (χ0) is 35.8. The van der Waals surface area contributed by atoms with Gasteiger partial charge in [0.25, 0.3) is 5.56 Å². The summed E-state index contributed by atoms with van der Waals surface area (Å²) in [5.74, 6) is -1.79. The maximum absolute atomic E-state index is 13.9. The number of benzene rings is 2. The highest BCUT2D eigenvalue weighted by Crippen LogP contribution is 2.38. The lowest BCUT2D eigenvalue weighted by molar-refractivity contribution is -0.192. The minimum atomic E-state index is -5.08. The van der Waals surface area contributed by atoms with Gasteiger partial charge in [-0.05, 0) is 68.6 Å². The molecule has 49 heavy (non-hydrogen) atoms. The second-order valence-corrected chi connectivity index (χ2v) is 12.2. The van der Waals surface area contributed by atoms with Crippen molar-refractivity contribution in [2.75, 3.05) is 31.5 Å². The molecular formula is C33H37F6N5O4S. The van der Waals surface area contributed by atoms with Crippen LogP contribution in [0.1, 0.15) is 72.5 Å². The molecule has 1 unspecified atom stereocenters. The first-order chi connectivity index (χ1) is 23.2. The highest BCUT2D eigenvalue weighted by Gasteiger charge is 2.38. The predicted molar refractivity (Wildman–Crippen MR) is 174 cm³/mol. The fourth-order valence-electron chi connectivity index (χ4n) is 5.44. The summed E-state index contributed by atoms with van der Waals surface area (Å²) in [6.07, 6.45) is -3.12. The summed E-state index contributed by atoms with van der Waals surface area (Å²) in [6.45, 7) is 1.91. The van der Waals surface area contributed by atoms with Crippen LogP contribution in [0.3, 0.4) is 0 Å². The van der Waals surface area contributed by atoms with Crippen molar-refractivity contribution < 1.29 is 41.0 Å². The number of hydrogen-bond donors (Lipinski definition) is 4. The number of nitrogens with zero attached hydrogens (tertiary/aromatic N) is 3. The molecule has 1 atom stereocenters. The number of thiol groups is 1. The lowest BCUT2D eigenvalue weighted by Crippen LogP contribution is -2.46. The number of fused-ring (bicyclic) bond motifs is 1. The Morgan fingerprint density at radius 1 is 0.939 bits per heavy atom. The number of alkyl halides is 6. The molecule has 266 valence electrons. The molecule has 9 nitrogen and oxygen atoms in total. The second kappa shape index (κ2) is 16.6. The molecule has 16 heteroatoms. The minimum absolute atomic E-state index is 0.113. The van der Waals surface area contributed by atoms with Crippen molar-refractivity contribution in [1.29, 1.82) is 0 Å². The smallest absolute Gasteiger partial charge is 0.475 e. The number of aromatic nitrogens is 2. The van der Waals surface area contributed by atoms with E-state index in [0.29, 0.717) is 37.3 Å². The number of para-hydroxylation sites is 1. The van der Waals surface area contributed by atoms with Gasteiger partial charge in [-0.1, -0.05) is 31.0 Å². The number of carbonyl (C=O) groups is 2. The molecule has 1 fully saturated rings. The van der Waals surface area contributed by atoms with Crippen molar-refractivity contribution in [3.8, 4) is 5.69 Å². The number of hydrogen-bond acceptors (Lipinski definition) is 7. The molecule has 5 rings (SSSR count). The van der Waals surface area contributed by atoms with Crippen LogP contribution < -0.4 is 16.2 Å². The third kappa shape index (κ3) is 10.00. The second-order valence-electron chi connectivity index (χ2n) is 11.7. The molecule has 0 radical (unpaired) electrons. The molecule has 1 aliphatic heterocycles. The molecule has 1 aromatic heterocycles. The zero-order valence-corrected chi connectivity index (χ0v) is 27.3. The Hall–Kier alpha value is -4.05. The summed E-state index contributed by atoms with van der Waals surface area (Å²) in [5.41, 5.74) is 1.84. The van der Waals surface area contributed by atoms with E-state index in [1.165, 1.54) is 12.1 Å². The number of amides is 1. The largest absolute Gasteiger partial charge is 0.490 e. The number of halogens is 6. The Morgan fingerprint density at radius 3 is 2.14 bits per heavy atom. The molecule has 2 aliphatic rings. The number of carboxylic acid groups (broad SMARTS) is 1. The summed E-state index contributed by atoms with van der Waals surface area (Å²) >= 11 is 4.74. The number of carboxylic acids is 1. The Bertz CT molecular complexity index is 1630. The van der Waals surface area contributed by atoms with Crippen molar-refractivity contribution in [2.45, 2.75) is 68.6 Å². The Morgan fingerprint density at radius 2 is 1.57 bits per heavy atom. The summed E-state index contributed by atoms with van der Waals surface area (Å²) in [4.78, 5) is 42.5. The summed E-state index contributed by atoms with van der Waals surface area (Å²) in [7, 11) is 0. The van der Waals surface area contributed by atoms with Gasteiger partial charge in [0.05, 0.1) is 29.1 Å². The van der Waals surface area contributed by atoms with E-state index in [4.69, 9.17) is 27.5 Å². The summed E-state index contributed by atoms with van der Waals surface area (Å²) < 4.78 is 71.5. The van der Waals surface area contributed by atoms with Crippen molar-refractivity contribution >= 4 is 30.2 Å². The molecule has 3 N–H and O–H groups in total. The molecule has 2 aromatic carbocycles. The van der Waals surface area contributed by atoms with E-state index in [1.54, 1.807) is 9.47 Å². The molecule has 1 aliphatic carbocycles. The van der Waals surface area contributed by atoms with Gasteiger partial charge >= 0.3 is 18.3 Å². The quantitative estimate of drug-likeness (QED) is 0.104. The van der Waals surface area contributed by atoms with Gasteiger partial charge < -0.3 is 20.6 Å². The molecule has 1 amide bonds. The van der Waals surface area contributed by atoms with Gasteiger partial charge in [-0.25, -0.2) is 9.78 Å². The lowest BCUT2D eigenvalue weighted by atomic mass is 9.84. The standard InChI is InChI=1S/C31H36F3N5O2S.C2HF3O2/c32-31(33,34)22-12-14-23(15-13-22)36-18-6-2-5-17-35-20-26(40)38-19-16-25-27(30(38)42)29(41)39(24-10-3-1-4-11-24)28(37-25)21-8-7-9-21;3-2(4,5)1(6)7/h1,3-4,10-15,21,30,35-36,42H,2,5-9,16-20H2;(H,6,7). The molecule has 1 saturated carbocycles. The minimum Gasteiger partial charge on any atom is -0.475 e. The van der Waals surface area contributed by atoms with Crippen LogP contribution in [-0.4, -0.2) is 63.8 Å². The maximum atomic E-state index is 13.9. The number of unbranched alkanes of at least 4 members (excludes halogenated alkanes) is 2. The van der Waals surface area contributed by atoms with E-state index >= 15 is 0 Å². The van der Waals surface area contributed by atoms with E-state index in [1.807, 2.05) is 30.3 Å². The number of carbonyl (C=O) groups excluding carboxylic acids is 1. The summed E-state index contributed by atoms with van der Waals surface area (Å²) in [6, 6.07) is 14.6. The molecule has 3 aromatic rings. The average molecular weight is 714 g/mol. The van der Waals surface area contributed by atoms with Crippen LogP contribution in [0.25, 0.3) is 5.69 Å². The predicted octanol–water partition coefficient (Wildman–Crippen LogP) is 6.34. The Labute approximate surface area is 284 Å². The number of anilines is 1. The van der Waals surface area contributed by atoms with Crippen LogP contribution in [0.4, 0.5) is 32.0 Å². The van der Waals surface area contributed by atoms with Crippen LogP contribution >= 0.6 is 12.6 Å². The van der Waals surface area contributed by atoms with Crippen LogP contribution in [0.5, 0.6) is 0 Å². The fourth-order valence-corrected chi connectivity index (χ4v) is 5.94. The first-order valence-electron chi connectivity index (χ1n) is 15.8. The third-order valence-corrected chi connectivity index (χ3v) is 8.80. The van der Waals surface area contributed by atoms with Crippen LogP contribution in [0.15, 0.2) is 59.4 Å². The average Bonchev–Trinajstić information content (AvgIpc) is 3.01. The third-order valence-electron chi connectivity index (χ3n) is 8.26. The molecule has 0 spiro atoms. The molecule has 0 saturated heterocycles. The van der Waals surface area contributed by atoms with Gasteiger partial charge in [0, 0.05) is 31.1 Å². The van der Waals surface area contributed by atoms with Crippen molar-refractivity contribution in [3.05, 3.63) is 87.6 Å². The van der Waals surface area contributed by atoms with Gasteiger partial charge in [0.2, 0.25) is 5.91 Å². The lowest BCUT2D eigenvalue weighted by Gasteiger charge is -2.35. The van der Waals surface area contributed by atoms with Crippen LogP contribution in [-0.2, 0) is 22.2 Å². The van der Waals surface area contributed by atoms with E-state index in [0.717, 1.165) is 67.9 Å². The van der Waals surface area contributed by atoms with E-state index in [2.05, 4.69) is 10.6 Å². The van der Waals surface area contributed by atoms with Crippen LogP contribution in [0, 0.1) is 0 Å². The van der Waals surface area contributed by atoms with Crippen molar-refractivity contribution in [2.24, 2.45) is 0 Å². The van der Waals surface area contributed by atoms with Gasteiger partial charge in [-0.2, -0.15) is 26.3 Å².